The Hall–Kier alpha value is -0.680. The van der Waals surface area contributed by atoms with Crippen LogP contribution in [-0.2, 0) is 10.2 Å². The fourth-order valence-corrected chi connectivity index (χ4v) is 1.51. The van der Waals surface area contributed by atoms with Crippen LogP contribution in [0.25, 0.3) is 0 Å². The second kappa shape index (κ2) is 3.23. The summed E-state index contributed by atoms with van der Waals surface area (Å²) >= 11 is 5.41. The van der Waals surface area contributed by atoms with Crippen molar-refractivity contribution in [1.29, 1.82) is 0 Å². The van der Waals surface area contributed by atoms with Crippen LogP contribution in [0.5, 0.6) is 0 Å². The number of hydrogen-bond donors (Lipinski definition) is 0. The second-order valence-corrected chi connectivity index (χ2v) is 4.20. The van der Waals surface area contributed by atoms with Gasteiger partial charge in [0.2, 0.25) is 0 Å². The quantitative estimate of drug-likeness (QED) is 0.690. The lowest BCUT2D eigenvalue weighted by atomic mass is 10.2. The monoisotopic (exact) mass is 226 g/mol. The Morgan fingerprint density at radius 1 is 1.38 bits per heavy atom. The Morgan fingerprint density at radius 3 is 2.31 bits per heavy atom. The molecule has 0 bridgehead atoms. The third-order valence-corrected chi connectivity index (χ3v) is 2.74. The molecule has 0 radical (unpaired) electrons. The van der Waals surface area contributed by atoms with Crippen LogP contribution >= 0.6 is 11.6 Å². The average molecular weight is 227 g/mol. The van der Waals surface area contributed by atoms with E-state index in [4.69, 9.17) is 11.6 Å². The van der Waals surface area contributed by atoms with Gasteiger partial charge in [-0.05, 0) is 24.6 Å². The summed E-state index contributed by atoms with van der Waals surface area (Å²) in [6, 6.07) is 1.52. The van der Waals surface area contributed by atoms with Gasteiger partial charge in [0.1, 0.15) is 10.7 Å². The molecule has 0 N–H and O–H groups in total. The molecule has 6 heteroatoms. The van der Waals surface area contributed by atoms with Crippen molar-refractivity contribution in [2.75, 3.05) is 0 Å². The molecular formula is C7H5ClF2O2S. The number of halogens is 3. The molecule has 0 amide bonds. The maximum Gasteiger partial charge on any atom is 0.332 e. The highest BCUT2D eigenvalue weighted by Gasteiger charge is 2.15. The van der Waals surface area contributed by atoms with Crippen LogP contribution in [0.4, 0.5) is 8.28 Å². The lowest BCUT2D eigenvalue weighted by molar-refractivity contribution is 0.549. The van der Waals surface area contributed by atoms with Gasteiger partial charge in [0.05, 0.1) is 5.02 Å². The van der Waals surface area contributed by atoms with E-state index in [2.05, 4.69) is 0 Å². The molecule has 0 spiro atoms. The minimum Gasteiger partial charge on any atom is -0.205 e. The van der Waals surface area contributed by atoms with Gasteiger partial charge < -0.3 is 0 Å². The predicted octanol–water partition coefficient (Wildman–Crippen LogP) is 2.45. The van der Waals surface area contributed by atoms with E-state index in [1.165, 1.54) is 6.92 Å². The molecule has 0 unspecified atom stereocenters. The second-order valence-electron chi connectivity index (χ2n) is 2.47. The molecule has 0 aromatic heterocycles. The van der Waals surface area contributed by atoms with Crippen LogP contribution in [0.15, 0.2) is 17.0 Å². The van der Waals surface area contributed by atoms with E-state index in [1.807, 2.05) is 0 Å². The first kappa shape index (κ1) is 10.4. The van der Waals surface area contributed by atoms with Gasteiger partial charge in [-0.2, -0.15) is 8.42 Å². The van der Waals surface area contributed by atoms with Crippen LogP contribution in [0.3, 0.4) is 0 Å². The number of hydrogen-bond acceptors (Lipinski definition) is 2. The van der Waals surface area contributed by atoms with E-state index in [9.17, 15) is 16.7 Å². The van der Waals surface area contributed by atoms with Gasteiger partial charge in [0.25, 0.3) is 0 Å². The summed E-state index contributed by atoms with van der Waals surface area (Å²) in [6.07, 6.45) is 0. The van der Waals surface area contributed by atoms with Crippen molar-refractivity contribution in [3.05, 3.63) is 28.5 Å². The van der Waals surface area contributed by atoms with Crippen LogP contribution in [0, 0.1) is 12.7 Å². The van der Waals surface area contributed by atoms with Crippen molar-refractivity contribution in [1.82, 2.24) is 0 Å². The molecule has 0 aliphatic heterocycles. The summed E-state index contributed by atoms with van der Waals surface area (Å²) in [5.74, 6) is -0.946. The molecule has 0 aliphatic carbocycles. The Morgan fingerprint density at radius 2 is 1.92 bits per heavy atom. The van der Waals surface area contributed by atoms with Crippen LogP contribution in [-0.4, -0.2) is 8.42 Å². The zero-order valence-electron chi connectivity index (χ0n) is 6.51. The Balaban J connectivity index is 3.47. The zero-order valence-corrected chi connectivity index (χ0v) is 8.09. The van der Waals surface area contributed by atoms with E-state index < -0.39 is 20.9 Å². The van der Waals surface area contributed by atoms with E-state index >= 15 is 0 Å². The first-order valence-corrected chi connectivity index (χ1v) is 4.99. The molecule has 1 rings (SSSR count). The summed E-state index contributed by atoms with van der Waals surface area (Å²) in [7, 11) is -4.86. The van der Waals surface area contributed by atoms with Crippen molar-refractivity contribution < 1.29 is 16.7 Å². The number of aryl methyl sites for hydroxylation is 1. The average Bonchev–Trinajstić information content (AvgIpc) is 1.97. The molecule has 1 aromatic rings. The summed E-state index contributed by atoms with van der Waals surface area (Å²) in [5.41, 5.74) is 0.179. The SMILES string of the molecule is Cc1cc(S(=O)(=O)F)cc(F)c1Cl. The molecular weight excluding hydrogens is 222 g/mol. The molecule has 0 heterocycles. The Bertz CT molecular complexity index is 419. The Labute approximate surface area is 79.4 Å². The fourth-order valence-electron chi connectivity index (χ4n) is 0.836. The molecule has 0 fully saturated rings. The lowest BCUT2D eigenvalue weighted by Crippen LogP contribution is -1.95. The van der Waals surface area contributed by atoms with E-state index in [0.29, 0.717) is 6.07 Å². The van der Waals surface area contributed by atoms with Crippen LogP contribution in [0.2, 0.25) is 5.02 Å². The minimum atomic E-state index is -4.86. The smallest absolute Gasteiger partial charge is 0.205 e. The van der Waals surface area contributed by atoms with Crippen molar-refractivity contribution in [2.45, 2.75) is 11.8 Å². The van der Waals surface area contributed by atoms with Crippen molar-refractivity contribution >= 4 is 21.8 Å². The van der Waals surface area contributed by atoms with Crippen LogP contribution < -0.4 is 0 Å². The van der Waals surface area contributed by atoms with Gasteiger partial charge in [-0.1, -0.05) is 11.6 Å². The fraction of sp³-hybridized carbons (Fsp3) is 0.143. The van der Waals surface area contributed by atoms with E-state index in [1.54, 1.807) is 0 Å². The molecule has 72 valence electrons. The summed E-state index contributed by atoms with van der Waals surface area (Å²) < 4.78 is 45.9. The molecule has 0 saturated carbocycles. The maximum absolute atomic E-state index is 12.8. The van der Waals surface area contributed by atoms with Gasteiger partial charge in [0.15, 0.2) is 0 Å². The van der Waals surface area contributed by atoms with E-state index in [0.717, 1.165) is 6.07 Å². The van der Waals surface area contributed by atoms with Crippen molar-refractivity contribution in [2.24, 2.45) is 0 Å². The molecule has 0 saturated heterocycles. The number of rotatable bonds is 1. The largest absolute Gasteiger partial charge is 0.332 e. The zero-order chi connectivity index (χ0) is 10.2. The standard InChI is InChI=1S/C7H5ClF2O2S/c1-4-2-5(13(10,11)12)3-6(9)7(4)8/h2-3H,1H3. The first-order chi connectivity index (χ1) is 5.82. The predicted molar refractivity (Wildman–Crippen MR) is 44.4 cm³/mol. The summed E-state index contributed by atoms with van der Waals surface area (Å²) in [6.45, 7) is 1.39. The highest BCUT2D eigenvalue weighted by molar-refractivity contribution is 7.86. The van der Waals surface area contributed by atoms with Gasteiger partial charge >= 0.3 is 10.2 Å². The molecule has 13 heavy (non-hydrogen) atoms. The molecule has 2 nitrogen and oxygen atoms in total. The van der Waals surface area contributed by atoms with Gasteiger partial charge in [-0.25, -0.2) is 4.39 Å². The normalized spacial score (nSPS) is 11.7. The Kier molecular flexibility index (Phi) is 2.58. The highest BCUT2D eigenvalue weighted by atomic mass is 35.5. The number of benzene rings is 1. The highest BCUT2D eigenvalue weighted by Crippen LogP contribution is 2.24. The van der Waals surface area contributed by atoms with Crippen molar-refractivity contribution in [3.63, 3.8) is 0 Å². The lowest BCUT2D eigenvalue weighted by Gasteiger charge is -2.01. The van der Waals surface area contributed by atoms with Gasteiger partial charge in [0, 0.05) is 0 Å². The minimum absolute atomic E-state index is 0.179. The summed E-state index contributed by atoms with van der Waals surface area (Å²) in [4.78, 5) is -0.716. The third-order valence-electron chi connectivity index (χ3n) is 1.47. The third kappa shape index (κ3) is 2.16. The summed E-state index contributed by atoms with van der Waals surface area (Å²) in [5, 5.41) is -0.201. The van der Waals surface area contributed by atoms with E-state index in [-0.39, 0.29) is 10.6 Å². The topological polar surface area (TPSA) is 34.1 Å². The molecule has 1 aromatic carbocycles. The van der Waals surface area contributed by atoms with Crippen LogP contribution in [0.1, 0.15) is 5.56 Å². The molecule has 0 aliphatic rings. The van der Waals surface area contributed by atoms with Gasteiger partial charge in [-0.3, -0.25) is 0 Å². The van der Waals surface area contributed by atoms with Crippen molar-refractivity contribution in [3.8, 4) is 0 Å². The maximum atomic E-state index is 12.8. The first-order valence-electron chi connectivity index (χ1n) is 3.22. The molecule has 0 atom stereocenters. The van der Waals surface area contributed by atoms with Gasteiger partial charge in [-0.15, -0.1) is 3.89 Å².